The summed E-state index contributed by atoms with van der Waals surface area (Å²) in [6.07, 6.45) is 9.66. The van der Waals surface area contributed by atoms with Crippen LogP contribution in [0.4, 0.5) is 0 Å². The van der Waals surface area contributed by atoms with Gasteiger partial charge in [0.15, 0.2) is 0 Å². The molecule has 1 heteroatoms. The van der Waals surface area contributed by atoms with Crippen LogP contribution in [0, 0.1) is 5.92 Å². The highest BCUT2D eigenvalue weighted by Gasteiger charge is 2.08. The summed E-state index contributed by atoms with van der Waals surface area (Å²) in [5, 5.41) is 3.57. The standard InChI is InChI=1S/C15H21N/c1-3-7-14(8-4-1)11-12-16-13-15-9-5-2-6-10-15/h1-5,7-8,15-16H,6,9-13H2. The second-order valence-electron chi connectivity index (χ2n) is 4.59. The lowest BCUT2D eigenvalue weighted by Crippen LogP contribution is -2.25. The fourth-order valence-electron chi connectivity index (χ4n) is 2.23. The maximum absolute atomic E-state index is 3.57. The number of allylic oxidation sites excluding steroid dienone is 2. The van der Waals surface area contributed by atoms with E-state index in [0.29, 0.717) is 0 Å². The van der Waals surface area contributed by atoms with Crippen LogP contribution >= 0.6 is 0 Å². The predicted molar refractivity (Wildman–Crippen MR) is 69.5 cm³/mol. The van der Waals surface area contributed by atoms with Crippen molar-refractivity contribution in [2.75, 3.05) is 13.1 Å². The minimum atomic E-state index is 0.862. The van der Waals surface area contributed by atoms with Gasteiger partial charge in [0.05, 0.1) is 0 Å². The van der Waals surface area contributed by atoms with Gasteiger partial charge in [0.2, 0.25) is 0 Å². The molecule has 1 aromatic carbocycles. The minimum absolute atomic E-state index is 0.862. The number of hydrogen-bond acceptors (Lipinski definition) is 1. The molecule has 1 aliphatic carbocycles. The molecule has 0 saturated carbocycles. The molecule has 2 rings (SSSR count). The molecule has 1 nitrogen and oxygen atoms in total. The van der Waals surface area contributed by atoms with Gasteiger partial charge in [-0.2, -0.15) is 0 Å². The molecule has 0 heterocycles. The fraction of sp³-hybridized carbons (Fsp3) is 0.467. The van der Waals surface area contributed by atoms with Gasteiger partial charge in [0.1, 0.15) is 0 Å². The van der Waals surface area contributed by atoms with E-state index in [2.05, 4.69) is 47.8 Å². The van der Waals surface area contributed by atoms with Gasteiger partial charge in [-0.1, -0.05) is 42.5 Å². The van der Waals surface area contributed by atoms with E-state index in [1.807, 2.05) is 0 Å². The van der Waals surface area contributed by atoms with Crippen LogP contribution in [0.2, 0.25) is 0 Å². The van der Waals surface area contributed by atoms with Crippen molar-refractivity contribution in [1.82, 2.24) is 5.32 Å². The summed E-state index contributed by atoms with van der Waals surface area (Å²) in [6.45, 7) is 2.28. The highest BCUT2D eigenvalue weighted by molar-refractivity contribution is 5.14. The van der Waals surface area contributed by atoms with E-state index in [0.717, 1.165) is 18.9 Å². The molecule has 0 radical (unpaired) electrons. The maximum Gasteiger partial charge on any atom is -0.000823 e. The Balaban J connectivity index is 1.60. The van der Waals surface area contributed by atoms with Gasteiger partial charge in [-0.25, -0.2) is 0 Å². The average molecular weight is 215 g/mol. The zero-order valence-electron chi connectivity index (χ0n) is 9.86. The third kappa shape index (κ3) is 3.82. The summed E-state index contributed by atoms with van der Waals surface area (Å²) in [4.78, 5) is 0. The summed E-state index contributed by atoms with van der Waals surface area (Å²) in [6, 6.07) is 10.7. The van der Waals surface area contributed by atoms with Crippen molar-refractivity contribution >= 4 is 0 Å². The van der Waals surface area contributed by atoms with Gasteiger partial charge in [0, 0.05) is 0 Å². The first-order valence-corrected chi connectivity index (χ1v) is 6.35. The Morgan fingerprint density at radius 3 is 2.75 bits per heavy atom. The minimum Gasteiger partial charge on any atom is -0.316 e. The third-order valence-electron chi connectivity index (χ3n) is 3.24. The summed E-state index contributed by atoms with van der Waals surface area (Å²) in [7, 11) is 0. The molecule has 1 aliphatic rings. The van der Waals surface area contributed by atoms with Crippen LogP contribution in [0.3, 0.4) is 0 Å². The molecule has 0 saturated heterocycles. The van der Waals surface area contributed by atoms with Gasteiger partial charge in [0.25, 0.3) is 0 Å². The number of benzene rings is 1. The van der Waals surface area contributed by atoms with Crippen molar-refractivity contribution in [2.45, 2.75) is 25.7 Å². The molecule has 86 valence electrons. The lowest BCUT2D eigenvalue weighted by molar-refractivity contribution is 0.442. The Labute approximate surface area is 98.6 Å². The van der Waals surface area contributed by atoms with Gasteiger partial charge in [-0.3, -0.25) is 0 Å². The Bertz CT molecular complexity index is 315. The topological polar surface area (TPSA) is 12.0 Å². The molecule has 1 atom stereocenters. The molecule has 16 heavy (non-hydrogen) atoms. The molecule has 0 fully saturated rings. The Morgan fingerprint density at radius 2 is 2.00 bits per heavy atom. The van der Waals surface area contributed by atoms with E-state index in [1.165, 1.54) is 31.4 Å². The van der Waals surface area contributed by atoms with E-state index in [1.54, 1.807) is 0 Å². The molecule has 0 spiro atoms. The molecular weight excluding hydrogens is 194 g/mol. The highest BCUT2D eigenvalue weighted by Crippen LogP contribution is 2.16. The normalized spacial score (nSPS) is 19.9. The molecule has 1 N–H and O–H groups in total. The van der Waals surface area contributed by atoms with E-state index in [9.17, 15) is 0 Å². The number of hydrogen-bond donors (Lipinski definition) is 1. The summed E-state index contributed by atoms with van der Waals surface area (Å²) in [5.74, 6) is 0.862. The Hall–Kier alpha value is -1.08. The van der Waals surface area contributed by atoms with Gasteiger partial charge < -0.3 is 5.32 Å². The molecule has 0 aromatic heterocycles. The van der Waals surface area contributed by atoms with Crippen LogP contribution in [-0.4, -0.2) is 13.1 Å². The zero-order valence-corrected chi connectivity index (χ0v) is 9.86. The fourth-order valence-corrected chi connectivity index (χ4v) is 2.23. The third-order valence-corrected chi connectivity index (χ3v) is 3.24. The van der Waals surface area contributed by atoms with Gasteiger partial charge >= 0.3 is 0 Å². The first-order valence-electron chi connectivity index (χ1n) is 6.35. The van der Waals surface area contributed by atoms with E-state index in [-0.39, 0.29) is 0 Å². The first-order chi connectivity index (χ1) is 7.95. The quantitative estimate of drug-likeness (QED) is 0.587. The van der Waals surface area contributed by atoms with Crippen molar-refractivity contribution in [3.63, 3.8) is 0 Å². The van der Waals surface area contributed by atoms with E-state index >= 15 is 0 Å². The second kappa shape index (κ2) is 6.49. The van der Waals surface area contributed by atoms with Crippen LogP contribution in [-0.2, 0) is 6.42 Å². The van der Waals surface area contributed by atoms with Crippen LogP contribution in [0.1, 0.15) is 24.8 Å². The van der Waals surface area contributed by atoms with Crippen LogP contribution < -0.4 is 5.32 Å². The molecule has 0 bridgehead atoms. The predicted octanol–water partition coefficient (Wildman–Crippen LogP) is 3.18. The van der Waals surface area contributed by atoms with Crippen molar-refractivity contribution < 1.29 is 0 Å². The van der Waals surface area contributed by atoms with Crippen molar-refractivity contribution in [3.8, 4) is 0 Å². The second-order valence-corrected chi connectivity index (χ2v) is 4.59. The van der Waals surface area contributed by atoms with Crippen molar-refractivity contribution in [1.29, 1.82) is 0 Å². The smallest absolute Gasteiger partial charge is 0.000823 e. The van der Waals surface area contributed by atoms with Crippen LogP contribution in [0.25, 0.3) is 0 Å². The van der Waals surface area contributed by atoms with E-state index < -0.39 is 0 Å². The van der Waals surface area contributed by atoms with Crippen LogP contribution in [0.15, 0.2) is 42.5 Å². The number of rotatable bonds is 5. The largest absolute Gasteiger partial charge is 0.316 e. The van der Waals surface area contributed by atoms with Crippen LogP contribution in [0.5, 0.6) is 0 Å². The van der Waals surface area contributed by atoms with E-state index in [4.69, 9.17) is 0 Å². The van der Waals surface area contributed by atoms with Crippen molar-refractivity contribution in [3.05, 3.63) is 48.0 Å². The monoisotopic (exact) mass is 215 g/mol. The summed E-state index contributed by atoms with van der Waals surface area (Å²) in [5.41, 5.74) is 1.43. The van der Waals surface area contributed by atoms with Gasteiger partial charge in [-0.15, -0.1) is 0 Å². The summed E-state index contributed by atoms with van der Waals surface area (Å²) >= 11 is 0. The molecule has 1 aromatic rings. The molecule has 1 unspecified atom stereocenters. The number of nitrogens with one attached hydrogen (secondary N) is 1. The molecule has 0 aliphatic heterocycles. The molecular formula is C15H21N. The summed E-state index contributed by atoms with van der Waals surface area (Å²) < 4.78 is 0. The maximum atomic E-state index is 3.57. The Morgan fingerprint density at radius 1 is 1.12 bits per heavy atom. The first kappa shape index (κ1) is 11.4. The lowest BCUT2D eigenvalue weighted by atomic mass is 9.94. The average Bonchev–Trinajstić information content (AvgIpc) is 2.37. The van der Waals surface area contributed by atoms with Crippen molar-refractivity contribution in [2.24, 2.45) is 5.92 Å². The zero-order chi connectivity index (χ0) is 11.1. The Kier molecular flexibility index (Phi) is 4.63. The van der Waals surface area contributed by atoms with Gasteiger partial charge in [-0.05, 0) is 50.3 Å². The molecule has 0 amide bonds. The SMILES string of the molecule is C1=CCC(CNCCc2ccccc2)CC1. The highest BCUT2D eigenvalue weighted by atomic mass is 14.9. The lowest BCUT2D eigenvalue weighted by Gasteiger charge is -2.18.